The molecule has 2 N–H and O–H groups in total. The molecular weight excluding hydrogens is 214 g/mol. The first-order valence-electron chi connectivity index (χ1n) is 6.31. The van der Waals surface area contributed by atoms with Crippen LogP contribution in [0.2, 0.25) is 0 Å². The van der Waals surface area contributed by atoms with E-state index in [-0.39, 0.29) is 12.0 Å². The number of aromatic nitrogens is 2. The molecule has 0 unspecified atom stereocenters. The Balaban J connectivity index is 2.45. The van der Waals surface area contributed by atoms with E-state index >= 15 is 0 Å². The van der Waals surface area contributed by atoms with E-state index in [0.29, 0.717) is 0 Å². The molecule has 0 bridgehead atoms. The third-order valence-electron chi connectivity index (χ3n) is 3.03. The van der Waals surface area contributed by atoms with Gasteiger partial charge in [0.2, 0.25) is 0 Å². The van der Waals surface area contributed by atoms with E-state index in [2.05, 4.69) is 37.4 Å². The van der Waals surface area contributed by atoms with Gasteiger partial charge in [-0.2, -0.15) is 5.10 Å². The molecule has 0 spiro atoms. The molecule has 0 radical (unpaired) electrons. The highest BCUT2D eigenvalue weighted by Gasteiger charge is 2.16. The minimum atomic E-state index is 0.142. The van der Waals surface area contributed by atoms with Crippen molar-refractivity contribution in [3.63, 3.8) is 0 Å². The van der Waals surface area contributed by atoms with Crippen molar-refractivity contribution in [2.24, 2.45) is 12.5 Å². The fourth-order valence-electron chi connectivity index (χ4n) is 1.96. The molecule has 4 heteroatoms. The fraction of sp³-hybridized carbons (Fsp3) is 0.769. The SMILES string of the molecule is CCc1nn(C)cc1CNCC(C)(C)CCO. The molecule has 1 rings (SSSR count). The molecule has 4 nitrogen and oxygen atoms in total. The molecule has 0 aliphatic rings. The topological polar surface area (TPSA) is 50.1 Å². The maximum atomic E-state index is 8.96. The van der Waals surface area contributed by atoms with Crippen molar-refractivity contribution >= 4 is 0 Å². The Hall–Kier alpha value is -0.870. The quantitative estimate of drug-likeness (QED) is 0.758. The number of aliphatic hydroxyl groups is 1. The van der Waals surface area contributed by atoms with Gasteiger partial charge in [-0.25, -0.2) is 0 Å². The standard InChI is InChI=1S/C13H25N3O/c1-5-12-11(9-16(4)15-12)8-14-10-13(2,3)6-7-17/h9,14,17H,5-8,10H2,1-4H3. The molecule has 98 valence electrons. The third-order valence-corrected chi connectivity index (χ3v) is 3.03. The number of hydrogen-bond acceptors (Lipinski definition) is 3. The minimum Gasteiger partial charge on any atom is -0.396 e. The summed E-state index contributed by atoms with van der Waals surface area (Å²) in [7, 11) is 1.96. The number of hydrogen-bond donors (Lipinski definition) is 2. The van der Waals surface area contributed by atoms with Gasteiger partial charge in [-0.1, -0.05) is 20.8 Å². The van der Waals surface area contributed by atoms with Crippen LogP contribution in [0.3, 0.4) is 0 Å². The Morgan fingerprint density at radius 1 is 1.47 bits per heavy atom. The molecule has 17 heavy (non-hydrogen) atoms. The van der Waals surface area contributed by atoms with Crippen LogP contribution < -0.4 is 5.32 Å². The van der Waals surface area contributed by atoms with Crippen LogP contribution >= 0.6 is 0 Å². The number of aryl methyl sites for hydroxylation is 2. The Kier molecular flexibility index (Phi) is 5.15. The average Bonchev–Trinajstić information content (AvgIpc) is 2.58. The van der Waals surface area contributed by atoms with Gasteiger partial charge in [0.1, 0.15) is 0 Å². The van der Waals surface area contributed by atoms with Crippen LogP contribution in [-0.4, -0.2) is 28.0 Å². The summed E-state index contributed by atoms with van der Waals surface area (Å²) in [6.45, 7) is 8.47. The third kappa shape index (κ3) is 4.48. The largest absolute Gasteiger partial charge is 0.396 e. The number of aliphatic hydroxyl groups excluding tert-OH is 1. The van der Waals surface area contributed by atoms with Gasteiger partial charge in [0.25, 0.3) is 0 Å². The van der Waals surface area contributed by atoms with Crippen molar-refractivity contribution in [2.45, 2.75) is 40.2 Å². The predicted molar refractivity (Wildman–Crippen MR) is 69.8 cm³/mol. The summed E-state index contributed by atoms with van der Waals surface area (Å²) in [6.07, 6.45) is 3.87. The van der Waals surface area contributed by atoms with Gasteiger partial charge < -0.3 is 10.4 Å². The molecule has 0 fully saturated rings. The average molecular weight is 239 g/mol. The van der Waals surface area contributed by atoms with Crippen molar-refractivity contribution in [1.29, 1.82) is 0 Å². The molecule has 1 heterocycles. The van der Waals surface area contributed by atoms with E-state index in [1.54, 1.807) is 0 Å². The summed E-state index contributed by atoms with van der Waals surface area (Å²) in [6, 6.07) is 0. The zero-order valence-corrected chi connectivity index (χ0v) is 11.5. The monoisotopic (exact) mass is 239 g/mol. The molecule has 0 aliphatic heterocycles. The van der Waals surface area contributed by atoms with E-state index in [0.717, 1.165) is 25.9 Å². The van der Waals surface area contributed by atoms with Crippen LogP contribution in [-0.2, 0) is 20.0 Å². The highest BCUT2D eigenvalue weighted by molar-refractivity contribution is 5.16. The highest BCUT2D eigenvalue weighted by Crippen LogP contribution is 2.18. The maximum Gasteiger partial charge on any atom is 0.0666 e. The fourth-order valence-corrected chi connectivity index (χ4v) is 1.96. The van der Waals surface area contributed by atoms with Crippen LogP contribution in [0, 0.1) is 5.41 Å². The first kappa shape index (κ1) is 14.2. The second-order valence-corrected chi connectivity index (χ2v) is 5.37. The van der Waals surface area contributed by atoms with Crippen LogP contribution in [0.5, 0.6) is 0 Å². The van der Waals surface area contributed by atoms with Gasteiger partial charge in [0.05, 0.1) is 5.69 Å². The lowest BCUT2D eigenvalue weighted by Gasteiger charge is -2.23. The molecular formula is C13H25N3O. The lowest BCUT2D eigenvalue weighted by atomic mass is 9.90. The summed E-state index contributed by atoms with van der Waals surface area (Å²) in [5.74, 6) is 0. The smallest absolute Gasteiger partial charge is 0.0666 e. The zero-order chi connectivity index (χ0) is 12.9. The number of rotatable bonds is 7. The summed E-state index contributed by atoms with van der Waals surface area (Å²) >= 11 is 0. The number of nitrogens with zero attached hydrogens (tertiary/aromatic N) is 2. The molecule has 0 amide bonds. The van der Waals surface area contributed by atoms with Gasteiger partial charge in [0.15, 0.2) is 0 Å². The molecule has 1 aromatic rings. The van der Waals surface area contributed by atoms with Crippen molar-refractivity contribution in [2.75, 3.05) is 13.2 Å². The van der Waals surface area contributed by atoms with E-state index in [1.807, 2.05) is 11.7 Å². The molecule has 0 saturated heterocycles. The normalized spacial score (nSPS) is 12.1. The molecule has 0 aromatic carbocycles. The Labute approximate surface area is 104 Å². The van der Waals surface area contributed by atoms with Crippen molar-refractivity contribution in [3.8, 4) is 0 Å². The van der Waals surface area contributed by atoms with Gasteiger partial charge in [0, 0.05) is 38.5 Å². The van der Waals surface area contributed by atoms with Crippen LogP contribution in [0.4, 0.5) is 0 Å². The van der Waals surface area contributed by atoms with E-state index < -0.39 is 0 Å². The summed E-state index contributed by atoms with van der Waals surface area (Å²) in [5, 5.41) is 16.8. The predicted octanol–water partition coefficient (Wildman–Crippen LogP) is 1.48. The molecule has 0 atom stereocenters. The first-order chi connectivity index (χ1) is 7.98. The summed E-state index contributed by atoms with van der Waals surface area (Å²) in [4.78, 5) is 0. The van der Waals surface area contributed by atoms with E-state index in [1.165, 1.54) is 11.3 Å². The van der Waals surface area contributed by atoms with Crippen LogP contribution in [0.1, 0.15) is 38.4 Å². The second-order valence-electron chi connectivity index (χ2n) is 5.37. The van der Waals surface area contributed by atoms with Gasteiger partial charge >= 0.3 is 0 Å². The van der Waals surface area contributed by atoms with Gasteiger partial charge in [-0.05, 0) is 18.3 Å². The zero-order valence-electron chi connectivity index (χ0n) is 11.5. The molecule has 0 saturated carbocycles. The van der Waals surface area contributed by atoms with Crippen molar-refractivity contribution in [3.05, 3.63) is 17.5 Å². The van der Waals surface area contributed by atoms with Gasteiger partial charge in [-0.3, -0.25) is 4.68 Å². The lowest BCUT2D eigenvalue weighted by Crippen LogP contribution is -2.30. The summed E-state index contributed by atoms with van der Waals surface area (Å²) in [5.41, 5.74) is 2.58. The van der Waals surface area contributed by atoms with E-state index in [9.17, 15) is 0 Å². The van der Waals surface area contributed by atoms with Crippen molar-refractivity contribution in [1.82, 2.24) is 15.1 Å². The maximum absolute atomic E-state index is 8.96. The molecule has 0 aliphatic carbocycles. The summed E-state index contributed by atoms with van der Waals surface area (Å²) < 4.78 is 1.87. The van der Waals surface area contributed by atoms with E-state index in [4.69, 9.17) is 5.11 Å². The Bertz CT molecular complexity index is 344. The second kappa shape index (κ2) is 6.17. The minimum absolute atomic E-state index is 0.142. The van der Waals surface area contributed by atoms with Crippen LogP contribution in [0.15, 0.2) is 6.20 Å². The van der Waals surface area contributed by atoms with Crippen molar-refractivity contribution < 1.29 is 5.11 Å². The highest BCUT2D eigenvalue weighted by atomic mass is 16.3. The van der Waals surface area contributed by atoms with Crippen LogP contribution in [0.25, 0.3) is 0 Å². The first-order valence-corrected chi connectivity index (χ1v) is 6.31. The molecule has 1 aromatic heterocycles. The van der Waals surface area contributed by atoms with Gasteiger partial charge in [-0.15, -0.1) is 0 Å². The lowest BCUT2D eigenvalue weighted by molar-refractivity contribution is 0.207. The Morgan fingerprint density at radius 3 is 2.76 bits per heavy atom. The number of nitrogens with one attached hydrogen (secondary N) is 1. The Morgan fingerprint density at radius 2 is 2.18 bits per heavy atom.